The van der Waals surface area contributed by atoms with Crippen LogP contribution in [0.5, 0.6) is 11.5 Å². The van der Waals surface area contributed by atoms with Crippen LogP contribution in [0, 0.1) is 6.92 Å². The molecule has 0 aliphatic heterocycles. The van der Waals surface area contributed by atoms with Gasteiger partial charge in [0.2, 0.25) is 15.9 Å². The second kappa shape index (κ2) is 10.5. The molecule has 7 nitrogen and oxygen atoms in total. The van der Waals surface area contributed by atoms with Gasteiger partial charge in [0.05, 0.1) is 25.2 Å². The summed E-state index contributed by atoms with van der Waals surface area (Å²) in [5.41, 5.74) is 2.20. The smallest absolute Gasteiger partial charge is 0.244 e. The summed E-state index contributed by atoms with van der Waals surface area (Å²) in [6.45, 7) is 7.77. The summed E-state index contributed by atoms with van der Waals surface area (Å²) < 4.78 is 37.4. The highest BCUT2D eigenvalue weighted by atomic mass is 32.2. The molecule has 0 aliphatic rings. The fourth-order valence-corrected chi connectivity index (χ4v) is 4.51. The maximum atomic E-state index is 13.0. The number of nitrogens with one attached hydrogen (secondary N) is 1. The van der Waals surface area contributed by atoms with Gasteiger partial charge in [0.25, 0.3) is 0 Å². The molecule has 1 atom stereocenters. The number of ether oxygens (including phenoxy) is 2. The van der Waals surface area contributed by atoms with E-state index in [1.54, 1.807) is 44.4 Å². The Kier molecular flexibility index (Phi) is 8.33. The Morgan fingerprint density at radius 1 is 1.13 bits per heavy atom. The summed E-state index contributed by atoms with van der Waals surface area (Å²) in [4.78, 5) is 13.0. The maximum absolute atomic E-state index is 13.0. The van der Waals surface area contributed by atoms with E-state index < -0.39 is 16.1 Å². The molecule has 1 amide bonds. The Labute approximate surface area is 185 Å². The first-order valence-corrected chi connectivity index (χ1v) is 12.1. The van der Waals surface area contributed by atoms with Gasteiger partial charge in [0.1, 0.15) is 6.04 Å². The van der Waals surface area contributed by atoms with Crippen LogP contribution < -0.4 is 19.1 Å². The number of hydrogen-bond acceptors (Lipinski definition) is 5. The van der Waals surface area contributed by atoms with Crippen molar-refractivity contribution < 1.29 is 22.7 Å². The average molecular weight is 449 g/mol. The van der Waals surface area contributed by atoms with E-state index in [-0.39, 0.29) is 18.6 Å². The fourth-order valence-electron chi connectivity index (χ4n) is 3.31. The van der Waals surface area contributed by atoms with Gasteiger partial charge in [-0.3, -0.25) is 9.10 Å². The molecule has 2 aromatic rings. The van der Waals surface area contributed by atoms with Crippen LogP contribution in [0.25, 0.3) is 0 Å². The zero-order valence-electron chi connectivity index (χ0n) is 19.0. The van der Waals surface area contributed by atoms with E-state index in [9.17, 15) is 13.2 Å². The summed E-state index contributed by atoms with van der Waals surface area (Å²) in [6, 6.07) is 11.7. The number of amides is 1. The van der Waals surface area contributed by atoms with Crippen molar-refractivity contribution >= 4 is 21.6 Å². The van der Waals surface area contributed by atoms with Gasteiger partial charge in [-0.1, -0.05) is 25.1 Å². The molecule has 31 heavy (non-hydrogen) atoms. The van der Waals surface area contributed by atoms with Crippen LogP contribution in [0.2, 0.25) is 0 Å². The molecule has 0 saturated carbocycles. The fraction of sp³-hybridized carbons (Fsp3) is 0.435. The van der Waals surface area contributed by atoms with E-state index in [4.69, 9.17) is 9.47 Å². The second-order valence-electron chi connectivity index (χ2n) is 7.69. The highest BCUT2D eigenvalue weighted by Gasteiger charge is 2.31. The summed E-state index contributed by atoms with van der Waals surface area (Å²) in [6.07, 6.45) is 1.45. The van der Waals surface area contributed by atoms with Gasteiger partial charge in [-0.15, -0.1) is 0 Å². The van der Waals surface area contributed by atoms with Crippen LogP contribution in [-0.2, 0) is 21.4 Å². The standard InChI is InChI=1S/C23H32N2O5S/c1-7-20(25(31(6,27)28)19-10-8-9-17(4)13-19)23(26)24-15-18-11-12-21(30-16(2)3)22(14-18)29-5/h8-14,16,20H,7,15H2,1-6H3,(H,24,26)/t20-/m0/s1. The number of hydrogen-bond donors (Lipinski definition) is 1. The van der Waals surface area contributed by atoms with E-state index in [0.717, 1.165) is 17.4 Å². The third kappa shape index (κ3) is 6.62. The topological polar surface area (TPSA) is 84.9 Å². The van der Waals surface area contributed by atoms with E-state index >= 15 is 0 Å². The van der Waals surface area contributed by atoms with Crippen LogP contribution in [0.4, 0.5) is 5.69 Å². The number of benzene rings is 2. The summed E-state index contributed by atoms with van der Waals surface area (Å²) in [7, 11) is -2.11. The number of carbonyl (C=O) groups is 1. The van der Waals surface area contributed by atoms with Crippen molar-refractivity contribution in [3.63, 3.8) is 0 Å². The number of carbonyl (C=O) groups excluding carboxylic acids is 1. The first-order valence-electron chi connectivity index (χ1n) is 10.2. The molecule has 0 radical (unpaired) electrons. The Bertz CT molecular complexity index is 1000. The lowest BCUT2D eigenvalue weighted by Gasteiger charge is -2.30. The van der Waals surface area contributed by atoms with Crippen molar-refractivity contribution in [2.45, 2.75) is 52.8 Å². The molecular formula is C23H32N2O5S. The molecule has 0 heterocycles. The number of nitrogens with zero attached hydrogens (tertiary/aromatic N) is 1. The van der Waals surface area contributed by atoms with E-state index in [1.165, 1.54) is 4.31 Å². The molecule has 0 saturated heterocycles. The van der Waals surface area contributed by atoms with Gasteiger partial charge >= 0.3 is 0 Å². The minimum absolute atomic E-state index is 0.00774. The Morgan fingerprint density at radius 3 is 2.39 bits per heavy atom. The van der Waals surface area contributed by atoms with Crippen LogP contribution in [0.15, 0.2) is 42.5 Å². The second-order valence-corrected chi connectivity index (χ2v) is 9.55. The molecule has 2 aromatic carbocycles. The quantitative estimate of drug-likeness (QED) is 0.600. The van der Waals surface area contributed by atoms with Crippen LogP contribution >= 0.6 is 0 Å². The molecule has 8 heteroatoms. The maximum Gasteiger partial charge on any atom is 0.244 e. The highest BCUT2D eigenvalue weighted by Crippen LogP contribution is 2.29. The lowest BCUT2D eigenvalue weighted by Crippen LogP contribution is -2.49. The highest BCUT2D eigenvalue weighted by molar-refractivity contribution is 7.92. The van der Waals surface area contributed by atoms with Gasteiger partial charge in [0, 0.05) is 6.54 Å². The van der Waals surface area contributed by atoms with Gasteiger partial charge in [0.15, 0.2) is 11.5 Å². The van der Waals surface area contributed by atoms with Gasteiger partial charge in [-0.25, -0.2) is 8.42 Å². The summed E-state index contributed by atoms with van der Waals surface area (Å²) in [5.74, 6) is 0.836. The Hall–Kier alpha value is -2.74. The third-order valence-electron chi connectivity index (χ3n) is 4.64. The molecule has 0 aliphatic carbocycles. The molecular weight excluding hydrogens is 416 g/mol. The largest absolute Gasteiger partial charge is 0.493 e. The minimum atomic E-state index is -3.67. The zero-order valence-corrected chi connectivity index (χ0v) is 19.8. The minimum Gasteiger partial charge on any atom is -0.493 e. The van der Waals surface area contributed by atoms with Crippen molar-refractivity contribution in [3.05, 3.63) is 53.6 Å². The lowest BCUT2D eigenvalue weighted by molar-refractivity contribution is -0.122. The molecule has 1 N–H and O–H groups in total. The number of methoxy groups -OCH3 is 1. The lowest BCUT2D eigenvalue weighted by atomic mass is 10.1. The number of anilines is 1. The van der Waals surface area contributed by atoms with Crippen molar-refractivity contribution in [1.29, 1.82) is 0 Å². The van der Waals surface area contributed by atoms with Gasteiger partial charge in [-0.05, 0) is 62.6 Å². The van der Waals surface area contributed by atoms with Crippen molar-refractivity contribution in [1.82, 2.24) is 5.32 Å². The summed E-state index contributed by atoms with van der Waals surface area (Å²) >= 11 is 0. The molecule has 0 bridgehead atoms. The van der Waals surface area contributed by atoms with Crippen molar-refractivity contribution in [2.24, 2.45) is 0 Å². The normalized spacial score (nSPS) is 12.4. The molecule has 2 rings (SSSR count). The number of rotatable bonds is 10. The number of sulfonamides is 1. The van der Waals surface area contributed by atoms with Crippen LogP contribution in [0.1, 0.15) is 38.3 Å². The molecule has 0 unspecified atom stereocenters. The van der Waals surface area contributed by atoms with Gasteiger partial charge in [-0.2, -0.15) is 0 Å². The SMILES string of the molecule is CC[C@@H](C(=O)NCc1ccc(OC(C)C)c(OC)c1)N(c1cccc(C)c1)S(C)(=O)=O. The van der Waals surface area contributed by atoms with Crippen LogP contribution in [0.3, 0.4) is 0 Å². The predicted octanol–water partition coefficient (Wildman–Crippen LogP) is 3.65. The molecule has 0 fully saturated rings. The first kappa shape index (κ1) is 24.5. The first-order chi connectivity index (χ1) is 14.6. The van der Waals surface area contributed by atoms with Crippen molar-refractivity contribution in [3.8, 4) is 11.5 Å². The van der Waals surface area contributed by atoms with Gasteiger partial charge < -0.3 is 14.8 Å². The molecule has 170 valence electrons. The van der Waals surface area contributed by atoms with E-state index in [0.29, 0.717) is 23.6 Å². The predicted molar refractivity (Wildman–Crippen MR) is 123 cm³/mol. The average Bonchev–Trinajstić information content (AvgIpc) is 2.69. The number of aryl methyl sites for hydroxylation is 1. The summed E-state index contributed by atoms with van der Waals surface area (Å²) in [5, 5.41) is 2.86. The Balaban J connectivity index is 2.22. The molecule has 0 spiro atoms. The van der Waals surface area contributed by atoms with Crippen molar-refractivity contribution in [2.75, 3.05) is 17.7 Å². The van der Waals surface area contributed by atoms with E-state index in [2.05, 4.69) is 5.32 Å². The third-order valence-corrected chi connectivity index (χ3v) is 5.82. The monoisotopic (exact) mass is 448 g/mol. The Morgan fingerprint density at radius 2 is 1.84 bits per heavy atom. The van der Waals surface area contributed by atoms with E-state index in [1.807, 2.05) is 32.9 Å². The molecule has 0 aromatic heterocycles. The van der Waals surface area contributed by atoms with Crippen LogP contribution in [-0.4, -0.2) is 39.8 Å². The zero-order chi connectivity index (χ0) is 23.2.